The van der Waals surface area contributed by atoms with Crippen LogP contribution in [-0.2, 0) is 16.1 Å². The molecule has 6 heteroatoms. The number of carbonyl (C=O) groups excluding carboxylic acids is 2. The molecule has 0 saturated carbocycles. The maximum absolute atomic E-state index is 12.5. The number of aryl methyl sites for hydroxylation is 1. The molecule has 0 bridgehead atoms. The van der Waals surface area contributed by atoms with Crippen molar-refractivity contribution in [1.29, 1.82) is 0 Å². The molecule has 1 aliphatic heterocycles. The van der Waals surface area contributed by atoms with Crippen LogP contribution in [0.2, 0.25) is 0 Å². The Labute approximate surface area is 141 Å². The molecule has 0 unspecified atom stereocenters. The van der Waals surface area contributed by atoms with E-state index in [2.05, 4.69) is 21.6 Å². The van der Waals surface area contributed by atoms with Gasteiger partial charge in [0.1, 0.15) is 0 Å². The Morgan fingerprint density at radius 1 is 1.46 bits per heavy atom. The van der Waals surface area contributed by atoms with Crippen LogP contribution < -0.4 is 5.32 Å². The van der Waals surface area contributed by atoms with Gasteiger partial charge >= 0.3 is 0 Å². The molecular weight excluding hydrogens is 304 g/mol. The molecule has 3 rings (SSSR count). The highest BCUT2D eigenvalue weighted by Crippen LogP contribution is 2.21. The number of H-pyrrole nitrogens is 1. The smallest absolute Gasteiger partial charge is 0.225 e. The van der Waals surface area contributed by atoms with Crippen LogP contribution in [0.4, 0.5) is 0 Å². The van der Waals surface area contributed by atoms with Gasteiger partial charge in [-0.3, -0.25) is 14.7 Å². The molecule has 1 saturated heterocycles. The minimum atomic E-state index is -0.138. The van der Waals surface area contributed by atoms with Crippen LogP contribution in [0.15, 0.2) is 18.2 Å². The minimum Gasteiger partial charge on any atom is -0.350 e. The van der Waals surface area contributed by atoms with E-state index in [4.69, 9.17) is 0 Å². The molecule has 2 heterocycles. The van der Waals surface area contributed by atoms with Gasteiger partial charge in [-0.15, -0.1) is 0 Å². The SMILES string of the molecule is Cc1ccc2n[nH]c(CNC(=O)[C@@H]3CCC(=O)N(C(C)C)C3)c2c1. The van der Waals surface area contributed by atoms with E-state index in [1.54, 1.807) is 4.90 Å². The van der Waals surface area contributed by atoms with Crippen LogP contribution in [0.3, 0.4) is 0 Å². The van der Waals surface area contributed by atoms with Gasteiger partial charge in [-0.2, -0.15) is 5.10 Å². The lowest BCUT2D eigenvalue weighted by atomic mass is 9.95. The average Bonchev–Trinajstić information content (AvgIpc) is 2.95. The molecule has 0 radical (unpaired) electrons. The number of aromatic amines is 1. The zero-order valence-corrected chi connectivity index (χ0v) is 14.4. The number of piperidine rings is 1. The van der Waals surface area contributed by atoms with Gasteiger partial charge in [0.15, 0.2) is 0 Å². The standard InChI is InChI=1S/C18H24N4O2/c1-11(2)22-10-13(5-7-17(22)23)18(24)19-9-16-14-8-12(3)4-6-15(14)20-21-16/h4,6,8,11,13H,5,7,9-10H2,1-3H3,(H,19,24)(H,20,21)/t13-/m1/s1. The number of rotatable bonds is 4. The topological polar surface area (TPSA) is 78.1 Å². The van der Waals surface area contributed by atoms with Crippen LogP contribution in [0.1, 0.15) is 37.9 Å². The quantitative estimate of drug-likeness (QED) is 0.902. The van der Waals surface area contributed by atoms with E-state index in [1.165, 1.54) is 0 Å². The summed E-state index contributed by atoms with van der Waals surface area (Å²) in [4.78, 5) is 26.2. The summed E-state index contributed by atoms with van der Waals surface area (Å²) in [5.74, 6) is 0.00802. The van der Waals surface area contributed by atoms with Crippen molar-refractivity contribution in [3.05, 3.63) is 29.5 Å². The van der Waals surface area contributed by atoms with Gasteiger partial charge in [-0.1, -0.05) is 11.6 Å². The number of amides is 2. The van der Waals surface area contributed by atoms with E-state index in [1.807, 2.05) is 32.9 Å². The fourth-order valence-corrected chi connectivity index (χ4v) is 3.22. The monoisotopic (exact) mass is 328 g/mol. The van der Waals surface area contributed by atoms with Gasteiger partial charge in [0.05, 0.1) is 23.7 Å². The highest BCUT2D eigenvalue weighted by atomic mass is 16.2. The molecular formula is C18H24N4O2. The number of hydrogen-bond donors (Lipinski definition) is 2. The van der Waals surface area contributed by atoms with Gasteiger partial charge in [-0.05, 0) is 39.3 Å². The summed E-state index contributed by atoms with van der Waals surface area (Å²) >= 11 is 0. The molecule has 0 spiro atoms. The minimum absolute atomic E-state index is 0.00329. The third kappa shape index (κ3) is 3.27. The first-order valence-electron chi connectivity index (χ1n) is 8.46. The molecule has 2 aromatic rings. The molecule has 1 aliphatic rings. The van der Waals surface area contributed by atoms with Crippen molar-refractivity contribution in [2.45, 2.75) is 46.2 Å². The van der Waals surface area contributed by atoms with E-state index < -0.39 is 0 Å². The van der Waals surface area contributed by atoms with Crippen molar-refractivity contribution in [3.63, 3.8) is 0 Å². The fourth-order valence-electron chi connectivity index (χ4n) is 3.22. The van der Waals surface area contributed by atoms with Crippen molar-refractivity contribution in [1.82, 2.24) is 20.4 Å². The number of fused-ring (bicyclic) bond motifs is 1. The van der Waals surface area contributed by atoms with Gasteiger partial charge in [0.25, 0.3) is 0 Å². The van der Waals surface area contributed by atoms with Crippen molar-refractivity contribution in [3.8, 4) is 0 Å². The Hall–Kier alpha value is -2.37. The zero-order valence-electron chi connectivity index (χ0n) is 14.4. The summed E-state index contributed by atoms with van der Waals surface area (Å²) < 4.78 is 0. The van der Waals surface area contributed by atoms with Crippen LogP contribution in [0, 0.1) is 12.8 Å². The van der Waals surface area contributed by atoms with Crippen LogP contribution in [0.25, 0.3) is 10.9 Å². The Balaban J connectivity index is 1.64. The summed E-state index contributed by atoms with van der Waals surface area (Å²) in [5.41, 5.74) is 2.98. The number of nitrogens with zero attached hydrogens (tertiary/aromatic N) is 2. The van der Waals surface area contributed by atoms with E-state index in [0.717, 1.165) is 22.2 Å². The van der Waals surface area contributed by atoms with E-state index in [9.17, 15) is 9.59 Å². The van der Waals surface area contributed by atoms with Crippen LogP contribution in [0.5, 0.6) is 0 Å². The number of likely N-dealkylation sites (tertiary alicyclic amines) is 1. The van der Waals surface area contributed by atoms with E-state index >= 15 is 0 Å². The molecule has 2 N–H and O–H groups in total. The van der Waals surface area contributed by atoms with E-state index in [-0.39, 0.29) is 23.8 Å². The zero-order chi connectivity index (χ0) is 17.3. The first-order valence-corrected chi connectivity index (χ1v) is 8.46. The van der Waals surface area contributed by atoms with Crippen molar-refractivity contribution in [2.24, 2.45) is 5.92 Å². The fraction of sp³-hybridized carbons (Fsp3) is 0.500. The van der Waals surface area contributed by atoms with Crippen LogP contribution >= 0.6 is 0 Å². The Morgan fingerprint density at radius 2 is 2.25 bits per heavy atom. The predicted molar refractivity (Wildman–Crippen MR) is 92.3 cm³/mol. The first kappa shape index (κ1) is 16.5. The number of aromatic nitrogens is 2. The molecule has 24 heavy (non-hydrogen) atoms. The average molecular weight is 328 g/mol. The maximum atomic E-state index is 12.5. The van der Waals surface area contributed by atoms with Gasteiger partial charge in [0.2, 0.25) is 11.8 Å². The molecule has 1 atom stereocenters. The molecule has 0 aliphatic carbocycles. The van der Waals surface area contributed by atoms with Gasteiger partial charge in [-0.25, -0.2) is 0 Å². The lowest BCUT2D eigenvalue weighted by molar-refractivity contribution is -0.140. The van der Waals surface area contributed by atoms with Crippen molar-refractivity contribution in [2.75, 3.05) is 6.54 Å². The second-order valence-electron chi connectivity index (χ2n) is 6.82. The Morgan fingerprint density at radius 3 is 3.00 bits per heavy atom. The normalized spacial score (nSPS) is 18.4. The van der Waals surface area contributed by atoms with Crippen molar-refractivity contribution < 1.29 is 9.59 Å². The molecule has 6 nitrogen and oxygen atoms in total. The lowest BCUT2D eigenvalue weighted by Crippen LogP contribution is -2.48. The third-order valence-electron chi connectivity index (χ3n) is 4.67. The van der Waals surface area contributed by atoms with E-state index in [0.29, 0.717) is 25.9 Å². The summed E-state index contributed by atoms with van der Waals surface area (Å²) in [7, 11) is 0. The molecule has 128 valence electrons. The second-order valence-corrected chi connectivity index (χ2v) is 6.82. The number of nitrogens with one attached hydrogen (secondary N) is 2. The maximum Gasteiger partial charge on any atom is 0.225 e. The summed E-state index contributed by atoms with van der Waals surface area (Å²) in [6, 6.07) is 6.19. The van der Waals surface area contributed by atoms with Crippen molar-refractivity contribution >= 4 is 22.7 Å². The molecule has 1 aromatic carbocycles. The first-order chi connectivity index (χ1) is 11.5. The van der Waals surface area contributed by atoms with Crippen LogP contribution in [-0.4, -0.2) is 39.5 Å². The summed E-state index contributed by atoms with van der Waals surface area (Å²) in [6.45, 7) is 6.93. The number of carbonyl (C=O) groups is 2. The predicted octanol–water partition coefficient (Wildman–Crippen LogP) is 2.13. The molecule has 1 aromatic heterocycles. The number of benzene rings is 1. The molecule has 2 amide bonds. The third-order valence-corrected chi connectivity index (χ3v) is 4.67. The van der Waals surface area contributed by atoms with Gasteiger partial charge < -0.3 is 10.2 Å². The molecule has 1 fully saturated rings. The Bertz CT molecular complexity index is 765. The lowest BCUT2D eigenvalue weighted by Gasteiger charge is -2.34. The summed E-state index contributed by atoms with van der Waals surface area (Å²) in [5, 5.41) is 11.3. The Kier molecular flexibility index (Phi) is 4.55. The largest absolute Gasteiger partial charge is 0.350 e. The van der Waals surface area contributed by atoms with Gasteiger partial charge in [0, 0.05) is 24.4 Å². The second kappa shape index (κ2) is 6.63. The number of hydrogen-bond acceptors (Lipinski definition) is 3. The summed E-state index contributed by atoms with van der Waals surface area (Å²) in [6.07, 6.45) is 1.07. The highest BCUT2D eigenvalue weighted by molar-refractivity contribution is 5.85. The highest BCUT2D eigenvalue weighted by Gasteiger charge is 2.31.